The Morgan fingerprint density at radius 1 is 1.23 bits per heavy atom. The van der Waals surface area contributed by atoms with Crippen molar-refractivity contribution in [3.63, 3.8) is 0 Å². The molecule has 1 N–H and O–H groups in total. The number of rotatable bonds is 8. The van der Waals surface area contributed by atoms with Gasteiger partial charge >= 0.3 is 0 Å². The number of ketones is 1. The van der Waals surface area contributed by atoms with E-state index >= 15 is 0 Å². The number of thiazole rings is 1. The van der Waals surface area contributed by atoms with E-state index in [0.29, 0.717) is 34.2 Å². The molecule has 0 bridgehead atoms. The van der Waals surface area contributed by atoms with Crippen LogP contribution >= 0.6 is 11.3 Å². The summed E-state index contributed by atoms with van der Waals surface area (Å²) in [6.07, 6.45) is 0. The van der Waals surface area contributed by atoms with E-state index in [1.54, 1.807) is 13.8 Å². The molecule has 1 aromatic carbocycles. The fraction of sp³-hybridized carbons (Fsp3) is 0.409. The number of nitrogens with one attached hydrogen (secondary N) is 1. The Labute approximate surface area is 179 Å². The van der Waals surface area contributed by atoms with Gasteiger partial charge in [-0.1, -0.05) is 12.1 Å². The maximum absolute atomic E-state index is 13.5. The van der Waals surface area contributed by atoms with Crippen LogP contribution in [0.3, 0.4) is 0 Å². The van der Waals surface area contributed by atoms with Crippen LogP contribution in [0.5, 0.6) is 0 Å². The molecule has 0 spiro atoms. The first-order valence-corrected chi connectivity index (χ1v) is 10.9. The van der Waals surface area contributed by atoms with E-state index in [2.05, 4.69) is 18.8 Å². The molecule has 3 rings (SSSR count). The number of carbonyl (C=O) groups excluding carboxylic acids is 2. The Morgan fingerprint density at radius 2 is 1.87 bits per heavy atom. The zero-order chi connectivity index (χ0) is 22.0. The molecule has 2 aromatic rings. The van der Waals surface area contributed by atoms with E-state index in [-0.39, 0.29) is 5.57 Å². The van der Waals surface area contributed by atoms with E-state index in [0.717, 1.165) is 13.1 Å². The average Bonchev–Trinajstić information content (AvgIpc) is 3.19. The molecule has 2 heterocycles. The second kappa shape index (κ2) is 9.06. The molecular formula is C22H26FN3O3S. The lowest BCUT2D eigenvalue weighted by molar-refractivity contribution is -0.895. The lowest BCUT2D eigenvalue weighted by Gasteiger charge is -2.29. The number of Topliss-reactive ketones (excluding diaryl/α,β-unsaturated/α-hetero) is 1. The number of likely N-dealkylation sites (N-methyl/N-ethyl adjacent to an activating group) is 1. The summed E-state index contributed by atoms with van der Waals surface area (Å²) in [5, 5.41) is 13.7. The number of nitrogens with zero attached hydrogens (tertiary/aromatic N) is 2. The van der Waals surface area contributed by atoms with Crippen LogP contribution < -0.4 is 10.0 Å². The molecule has 0 saturated carbocycles. The highest BCUT2D eigenvalue weighted by Crippen LogP contribution is 2.39. The molecule has 1 aliphatic heterocycles. The summed E-state index contributed by atoms with van der Waals surface area (Å²) in [6, 6.07) is 4.79. The summed E-state index contributed by atoms with van der Waals surface area (Å²) in [5.41, 5.74) is 1.01. The first-order valence-electron chi connectivity index (χ1n) is 10.1. The van der Waals surface area contributed by atoms with Gasteiger partial charge < -0.3 is 14.9 Å². The lowest BCUT2D eigenvalue weighted by Crippen LogP contribution is -3.12. The fourth-order valence-electron chi connectivity index (χ4n) is 3.84. The van der Waals surface area contributed by atoms with Gasteiger partial charge in [0.15, 0.2) is 0 Å². The van der Waals surface area contributed by atoms with Crippen LogP contribution in [0.15, 0.2) is 35.6 Å². The van der Waals surface area contributed by atoms with Crippen LogP contribution in [0, 0.1) is 19.7 Å². The van der Waals surface area contributed by atoms with Crippen LogP contribution in [0.4, 0.5) is 4.39 Å². The quantitative estimate of drug-likeness (QED) is 0.638. The second-order valence-electron chi connectivity index (χ2n) is 7.38. The minimum Gasteiger partial charge on any atom is -0.868 e. The molecule has 30 heavy (non-hydrogen) atoms. The monoisotopic (exact) mass is 431 g/mol. The fourth-order valence-corrected chi connectivity index (χ4v) is 4.71. The smallest absolute Gasteiger partial charge is 0.240 e. The Hall–Kier alpha value is -2.58. The van der Waals surface area contributed by atoms with E-state index in [4.69, 9.17) is 0 Å². The van der Waals surface area contributed by atoms with Gasteiger partial charge in [0.05, 0.1) is 47.8 Å². The maximum Gasteiger partial charge on any atom is 0.240 e. The summed E-state index contributed by atoms with van der Waals surface area (Å²) in [5.74, 6) is -2.36. The van der Waals surface area contributed by atoms with Crippen molar-refractivity contribution in [3.05, 3.63) is 62.6 Å². The summed E-state index contributed by atoms with van der Waals surface area (Å²) in [7, 11) is 0. The zero-order valence-corrected chi connectivity index (χ0v) is 18.4. The Morgan fingerprint density at radius 3 is 2.40 bits per heavy atom. The first-order chi connectivity index (χ1) is 14.3. The van der Waals surface area contributed by atoms with Crippen LogP contribution in [-0.2, 0) is 4.79 Å². The van der Waals surface area contributed by atoms with Gasteiger partial charge in [-0.05, 0) is 51.2 Å². The molecule has 1 unspecified atom stereocenters. The summed E-state index contributed by atoms with van der Waals surface area (Å²) in [6.45, 7) is 10.4. The molecular weight excluding hydrogens is 405 g/mol. The molecule has 160 valence electrons. The number of hydrogen-bond donors (Lipinski definition) is 1. The maximum atomic E-state index is 13.5. The van der Waals surface area contributed by atoms with Crippen molar-refractivity contribution < 1.29 is 24.0 Å². The zero-order valence-electron chi connectivity index (χ0n) is 17.6. The van der Waals surface area contributed by atoms with E-state index in [1.807, 2.05) is 0 Å². The molecule has 8 heteroatoms. The number of amides is 1. The van der Waals surface area contributed by atoms with Gasteiger partial charge in [0.25, 0.3) is 0 Å². The molecule has 1 aliphatic rings. The van der Waals surface area contributed by atoms with Gasteiger partial charge in [0.1, 0.15) is 5.82 Å². The van der Waals surface area contributed by atoms with Gasteiger partial charge in [-0.25, -0.2) is 9.37 Å². The second-order valence-corrected chi connectivity index (χ2v) is 8.58. The van der Waals surface area contributed by atoms with Crippen molar-refractivity contribution >= 4 is 23.0 Å². The third-order valence-corrected chi connectivity index (χ3v) is 6.60. The number of hydrogen-bond acceptors (Lipinski definition) is 5. The minimum atomic E-state index is -0.824. The molecule has 0 saturated heterocycles. The molecule has 1 aromatic heterocycles. The van der Waals surface area contributed by atoms with Crippen molar-refractivity contribution in [3.8, 4) is 0 Å². The van der Waals surface area contributed by atoms with Crippen molar-refractivity contribution in [2.24, 2.45) is 0 Å². The number of aryl methyl sites for hydroxylation is 2. The summed E-state index contributed by atoms with van der Waals surface area (Å²) < 4.78 is 13.5. The summed E-state index contributed by atoms with van der Waals surface area (Å²) in [4.78, 5) is 33.6. The standard InChI is InChI=1S/C22H26FN3O3S/c1-5-25(6-2)11-12-26-18(15-7-9-16(23)10-8-15)17(20(28)22(26)29)19(27)21-13(3)24-14(4)30-21/h7-10,18,28H,5-6,11-12H2,1-4H3. The van der Waals surface area contributed by atoms with Crippen molar-refractivity contribution in [1.29, 1.82) is 0 Å². The summed E-state index contributed by atoms with van der Waals surface area (Å²) >= 11 is 1.21. The molecule has 1 atom stereocenters. The Kier molecular flexibility index (Phi) is 6.67. The Bertz CT molecular complexity index is 980. The third kappa shape index (κ3) is 4.15. The van der Waals surface area contributed by atoms with Gasteiger partial charge in [-0.15, -0.1) is 11.3 Å². The SMILES string of the molecule is CC[NH+](CC)CCN1C(=O)C([O-])=C(C(=O)c2sc(C)nc2C)C1c1ccc(F)cc1. The highest BCUT2D eigenvalue weighted by Gasteiger charge is 2.40. The largest absolute Gasteiger partial charge is 0.868 e. The number of quaternary nitrogens is 1. The van der Waals surface area contributed by atoms with Crippen molar-refractivity contribution in [2.45, 2.75) is 33.7 Å². The van der Waals surface area contributed by atoms with Gasteiger partial charge in [-0.3, -0.25) is 9.59 Å². The Balaban J connectivity index is 2.04. The molecule has 0 radical (unpaired) electrons. The number of halogens is 1. The highest BCUT2D eigenvalue weighted by molar-refractivity contribution is 7.14. The van der Waals surface area contributed by atoms with Crippen molar-refractivity contribution in [1.82, 2.24) is 9.88 Å². The van der Waals surface area contributed by atoms with E-state index in [9.17, 15) is 19.1 Å². The number of benzene rings is 1. The molecule has 0 fully saturated rings. The third-order valence-electron chi connectivity index (χ3n) is 5.53. The molecule has 0 aliphatic carbocycles. The molecule has 6 nitrogen and oxygen atoms in total. The predicted molar refractivity (Wildman–Crippen MR) is 111 cm³/mol. The normalized spacial score (nSPS) is 16.8. The van der Waals surface area contributed by atoms with Crippen LogP contribution in [-0.4, -0.2) is 47.8 Å². The van der Waals surface area contributed by atoms with E-state index in [1.165, 1.54) is 45.4 Å². The van der Waals surface area contributed by atoms with Crippen LogP contribution in [0.1, 0.15) is 45.8 Å². The minimum absolute atomic E-state index is 0.0760. The first kappa shape index (κ1) is 22.1. The van der Waals surface area contributed by atoms with Gasteiger partial charge in [-0.2, -0.15) is 0 Å². The van der Waals surface area contributed by atoms with Crippen molar-refractivity contribution in [2.75, 3.05) is 26.2 Å². The number of carbonyl (C=O) groups is 2. The lowest BCUT2D eigenvalue weighted by atomic mass is 9.95. The van der Waals surface area contributed by atoms with Crippen LogP contribution in [0.2, 0.25) is 0 Å². The van der Waals surface area contributed by atoms with E-state index < -0.39 is 29.3 Å². The average molecular weight is 432 g/mol. The van der Waals surface area contributed by atoms with Gasteiger partial charge in [0.2, 0.25) is 11.7 Å². The predicted octanol–water partition coefficient (Wildman–Crippen LogP) is 1.20. The number of aromatic nitrogens is 1. The topological polar surface area (TPSA) is 77.8 Å². The van der Waals surface area contributed by atoms with Gasteiger partial charge in [0, 0.05) is 5.57 Å². The van der Waals surface area contributed by atoms with Crippen LogP contribution in [0.25, 0.3) is 0 Å². The molecule has 1 amide bonds. The highest BCUT2D eigenvalue weighted by atomic mass is 32.1.